The van der Waals surface area contributed by atoms with E-state index < -0.39 is 97.3 Å². The average Bonchev–Trinajstić information content (AvgIpc) is 3.15. The maximum atomic E-state index is 13.6. The zero-order valence-electron chi connectivity index (χ0n) is 34.9. The summed E-state index contributed by atoms with van der Waals surface area (Å²) < 4.78 is 40.9. The molecule has 15 nitrogen and oxygen atoms in total. The number of aliphatic hydroxyl groups is 6. The van der Waals surface area contributed by atoms with Gasteiger partial charge in [0, 0.05) is 25.9 Å². The lowest BCUT2D eigenvalue weighted by Gasteiger charge is -2.47. The van der Waals surface area contributed by atoms with Gasteiger partial charge in [-0.15, -0.1) is 0 Å². The van der Waals surface area contributed by atoms with Crippen LogP contribution in [0.25, 0.3) is 0 Å². The van der Waals surface area contributed by atoms with Crippen LogP contribution < -0.4 is 0 Å². The Morgan fingerprint density at radius 2 is 1.67 bits per heavy atom. The first-order valence-corrected chi connectivity index (χ1v) is 19.8. The maximum absolute atomic E-state index is 13.6. The summed E-state index contributed by atoms with van der Waals surface area (Å²) in [5.74, 6) is -1.66. The number of esters is 2. The molecule has 2 saturated heterocycles. The van der Waals surface area contributed by atoms with E-state index in [9.17, 15) is 40.2 Å². The Morgan fingerprint density at radius 3 is 2.28 bits per heavy atom. The quantitative estimate of drug-likeness (QED) is 0.138. The van der Waals surface area contributed by atoms with E-state index in [2.05, 4.69) is 0 Å². The van der Waals surface area contributed by atoms with Crippen molar-refractivity contribution in [3.8, 4) is 0 Å². The molecule has 2 fully saturated rings. The molecule has 57 heavy (non-hydrogen) atoms. The molecule has 14 atom stereocenters. The first-order valence-electron chi connectivity index (χ1n) is 19.8. The number of methoxy groups -OCH3 is 1. The van der Waals surface area contributed by atoms with Gasteiger partial charge in [0.1, 0.15) is 42.2 Å². The van der Waals surface area contributed by atoms with Crippen LogP contribution in [0.15, 0.2) is 58.7 Å². The lowest BCUT2D eigenvalue weighted by molar-refractivity contribution is -0.333. The summed E-state index contributed by atoms with van der Waals surface area (Å²) in [6, 6.07) is 0. The van der Waals surface area contributed by atoms with E-state index in [1.165, 1.54) is 20.1 Å². The van der Waals surface area contributed by atoms with Gasteiger partial charge in [0.2, 0.25) is 0 Å². The molecule has 3 aliphatic rings. The van der Waals surface area contributed by atoms with E-state index >= 15 is 0 Å². The van der Waals surface area contributed by atoms with Gasteiger partial charge in [0.05, 0.1) is 36.6 Å². The SMILES string of the molecule is CCC(=O)OC1C(O)C(O)C(OC2/C(C)=C/C(C)=C/CC(C(C)O)OC(=O)/C(COC3OC(C)C(O)C(O)C3OC)=C/C=C/CC(O)/C(C)=C/C2CC)OC1(C)C. The summed E-state index contributed by atoms with van der Waals surface area (Å²) in [6.07, 6.45) is -3.40. The molecular formula is C42H66O15. The highest BCUT2D eigenvalue weighted by Gasteiger charge is 2.52. The highest BCUT2D eigenvalue weighted by atomic mass is 16.7. The zero-order chi connectivity index (χ0) is 42.8. The average molecular weight is 811 g/mol. The van der Waals surface area contributed by atoms with Crippen molar-refractivity contribution in [1.29, 1.82) is 0 Å². The third-order valence-corrected chi connectivity index (χ3v) is 10.6. The molecule has 0 saturated carbocycles. The van der Waals surface area contributed by atoms with Gasteiger partial charge in [-0.25, -0.2) is 4.79 Å². The molecule has 0 spiro atoms. The van der Waals surface area contributed by atoms with Gasteiger partial charge >= 0.3 is 11.9 Å². The summed E-state index contributed by atoms with van der Waals surface area (Å²) in [6.45, 7) is 15.1. The van der Waals surface area contributed by atoms with E-state index in [1.54, 1.807) is 52.8 Å². The van der Waals surface area contributed by atoms with Crippen LogP contribution in [0.4, 0.5) is 0 Å². The fourth-order valence-electron chi connectivity index (χ4n) is 6.96. The molecule has 0 radical (unpaired) electrons. The van der Waals surface area contributed by atoms with Crippen molar-refractivity contribution in [1.82, 2.24) is 0 Å². The Balaban J connectivity index is 1.98. The second-order valence-corrected chi connectivity index (χ2v) is 15.7. The number of hydrogen-bond acceptors (Lipinski definition) is 15. The fraction of sp³-hybridized carbons (Fsp3) is 0.714. The number of ether oxygens (including phenoxy) is 7. The second kappa shape index (κ2) is 22.0. The number of carbonyl (C=O) groups is 2. The van der Waals surface area contributed by atoms with Crippen molar-refractivity contribution in [3.05, 3.63) is 58.7 Å². The van der Waals surface area contributed by atoms with Gasteiger partial charge in [-0.3, -0.25) is 4.79 Å². The van der Waals surface area contributed by atoms with Crippen LogP contribution in [0.3, 0.4) is 0 Å². The molecule has 14 unspecified atom stereocenters. The normalized spacial score (nSPS) is 40.9. The number of allylic oxidation sites excluding steroid dienone is 4. The molecule has 0 aromatic carbocycles. The molecule has 0 aromatic heterocycles. The molecule has 3 heterocycles. The van der Waals surface area contributed by atoms with Crippen molar-refractivity contribution >= 4 is 11.9 Å². The van der Waals surface area contributed by atoms with Gasteiger partial charge in [0.25, 0.3) is 0 Å². The van der Waals surface area contributed by atoms with Crippen molar-refractivity contribution in [2.24, 2.45) is 5.92 Å². The molecule has 3 rings (SSSR count). The van der Waals surface area contributed by atoms with Crippen LogP contribution >= 0.6 is 0 Å². The number of rotatable bonds is 10. The van der Waals surface area contributed by atoms with Crippen molar-refractivity contribution < 1.29 is 73.4 Å². The van der Waals surface area contributed by atoms with Crippen LogP contribution in [0.5, 0.6) is 0 Å². The third kappa shape index (κ3) is 13.1. The highest BCUT2D eigenvalue weighted by Crippen LogP contribution is 2.36. The minimum Gasteiger partial charge on any atom is -0.456 e. The van der Waals surface area contributed by atoms with E-state index in [1.807, 2.05) is 32.9 Å². The van der Waals surface area contributed by atoms with E-state index in [-0.39, 0.29) is 37.4 Å². The second-order valence-electron chi connectivity index (χ2n) is 15.7. The molecule has 3 aliphatic heterocycles. The summed E-state index contributed by atoms with van der Waals surface area (Å²) in [7, 11) is 1.34. The molecule has 0 aliphatic carbocycles. The number of carbonyl (C=O) groups excluding carboxylic acids is 2. The summed E-state index contributed by atoms with van der Waals surface area (Å²) in [5, 5.41) is 65.0. The van der Waals surface area contributed by atoms with Crippen LogP contribution in [0.1, 0.15) is 88.0 Å². The molecule has 324 valence electrons. The fourth-order valence-corrected chi connectivity index (χ4v) is 6.96. The number of hydrogen-bond donors (Lipinski definition) is 6. The summed E-state index contributed by atoms with van der Waals surface area (Å²) in [4.78, 5) is 25.7. The first-order chi connectivity index (χ1) is 26.8. The van der Waals surface area contributed by atoms with Gasteiger partial charge in [-0.1, -0.05) is 49.8 Å². The Labute approximate surface area is 336 Å². The van der Waals surface area contributed by atoms with E-state index in [4.69, 9.17) is 33.2 Å². The Hall–Kier alpha value is -2.80. The van der Waals surface area contributed by atoms with Gasteiger partial charge in [-0.05, 0) is 78.5 Å². The minimum atomic E-state index is -1.56. The van der Waals surface area contributed by atoms with Crippen molar-refractivity contribution in [2.75, 3.05) is 13.7 Å². The number of aliphatic hydroxyl groups excluding tert-OH is 6. The Bertz CT molecular complexity index is 1480. The predicted molar refractivity (Wildman–Crippen MR) is 208 cm³/mol. The molecule has 0 aromatic rings. The topological polar surface area (TPSA) is 220 Å². The van der Waals surface area contributed by atoms with Gasteiger partial charge in [0.15, 0.2) is 18.7 Å². The predicted octanol–water partition coefficient (Wildman–Crippen LogP) is 2.84. The monoisotopic (exact) mass is 810 g/mol. The van der Waals surface area contributed by atoms with E-state index in [0.717, 1.165) is 11.1 Å². The molecular weight excluding hydrogens is 744 g/mol. The largest absolute Gasteiger partial charge is 0.456 e. The summed E-state index contributed by atoms with van der Waals surface area (Å²) >= 11 is 0. The number of cyclic esters (lactones) is 1. The zero-order valence-corrected chi connectivity index (χ0v) is 34.9. The molecule has 6 N–H and O–H groups in total. The first kappa shape index (κ1) is 48.6. The van der Waals surface area contributed by atoms with Crippen LogP contribution in [-0.2, 0) is 42.7 Å². The third-order valence-electron chi connectivity index (χ3n) is 10.6. The standard InChI is InChI=1S/C42H66O15/c1-11-27-20-23(4)29(44)16-14-13-15-28(21-52-41-37(51-10)33(47)32(46)26(7)53-41)39(50)54-30(25(6)43)18-17-22(3)19-24(5)36(27)56-40-35(49)34(48)38(42(8,9)57-40)55-31(45)12-2/h13-15,17,19-20,25-27,29-30,32-38,40-41,43-44,46-49H,11-12,16,18,21H2,1-10H3/b14-13+,22-17+,23-20+,24-19+,28-15+. The van der Waals surface area contributed by atoms with E-state index in [0.29, 0.717) is 12.0 Å². The smallest absolute Gasteiger partial charge is 0.336 e. The van der Waals surface area contributed by atoms with Gasteiger partial charge in [-0.2, -0.15) is 0 Å². The van der Waals surface area contributed by atoms with Crippen LogP contribution in [-0.4, -0.2) is 142 Å². The van der Waals surface area contributed by atoms with Gasteiger partial charge < -0.3 is 63.8 Å². The highest BCUT2D eigenvalue weighted by molar-refractivity contribution is 5.89. The molecule has 0 amide bonds. The van der Waals surface area contributed by atoms with Crippen molar-refractivity contribution in [2.45, 2.75) is 173 Å². The Morgan fingerprint density at radius 1 is 0.982 bits per heavy atom. The minimum absolute atomic E-state index is 0.0595. The van der Waals surface area contributed by atoms with Crippen LogP contribution in [0.2, 0.25) is 0 Å². The maximum Gasteiger partial charge on any atom is 0.336 e. The Kier molecular flexibility index (Phi) is 18.7. The summed E-state index contributed by atoms with van der Waals surface area (Å²) in [5.41, 5.74) is 0.941. The lowest BCUT2D eigenvalue weighted by atomic mass is 9.88. The van der Waals surface area contributed by atoms with Crippen molar-refractivity contribution in [3.63, 3.8) is 0 Å². The molecule has 15 heteroatoms. The lowest BCUT2D eigenvalue weighted by Crippen LogP contribution is -2.64. The molecule has 0 bridgehead atoms. The van der Waals surface area contributed by atoms with Crippen LogP contribution in [0, 0.1) is 5.92 Å².